The molecule has 2 N–H and O–H groups in total. The van der Waals surface area contributed by atoms with Gasteiger partial charge in [-0.2, -0.15) is 13.2 Å². The highest BCUT2D eigenvalue weighted by Gasteiger charge is 2.39. The van der Waals surface area contributed by atoms with Crippen LogP contribution < -0.4 is 5.32 Å². The fourth-order valence-electron chi connectivity index (χ4n) is 1.18. The van der Waals surface area contributed by atoms with Gasteiger partial charge in [-0.3, -0.25) is 4.79 Å². The average molecular weight is 233 g/mol. The molecule has 1 amide bonds. The van der Waals surface area contributed by atoms with Crippen LogP contribution in [0.2, 0.25) is 0 Å². The highest BCUT2D eigenvalue weighted by molar-refractivity contribution is 5.88. The summed E-state index contributed by atoms with van der Waals surface area (Å²) in [6.45, 7) is 1.24. The monoisotopic (exact) mass is 233 g/mol. The summed E-state index contributed by atoms with van der Waals surface area (Å²) >= 11 is 0. The summed E-state index contributed by atoms with van der Waals surface area (Å²) in [7, 11) is 0. The molecule has 3 nitrogen and oxygen atoms in total. The van der Waals surface area contributed by atoms with E-state index in [1.807, 2.05) is 0 Å². The van der Waals surface area contributed by atoms with Crippen LogP contribution in [0.1, 0.15) is 18.6 Å². The van der Waals surface area contributed by atoms with Crippen LogP contribution in [0.5, 0.6) is 0 Å². The van der Waals surface area contributed by atoms with Gasteiger partial charge in [-0.05, 0) is 17.7 Å². The molecular formula is C10H10F3NO2. The van der Waals surface area contributed by atoms with E-state index in [2.05, 4.69) is 5.32 Å². The van der Waals surface area contributed by atoms with E-state index in [-0.39, 0.29) is 11.3 Å². The molecule has 1 aromatic rings. The van der Waals surface area contributed by atoms with Crippen LogP contribution >= 0.6 is 0 Å². The van der Waals surface area contributed by atoms with E-state index in [9.17, 15) is 18.0 Å². The van der Waals surface area contributed by atoms with Crippen molar-refractivity contribution in [1.29, 1.82) is 0 Å². The van der Waals surface area contributed by atoms with E-state index in [0.717, 1.165) is 12.1 Å². The van der Waals surface area contributed by atoms with Crippen molar-refractivity contribution in [3.8, 4) is 0 Å². The zero-order valence-electron chi connectivity index (χ0n) is 8.38. The molecule has 1 atom stereocenters. The number of benzene rings is 1. The van der Waals surface area contributed by atoms with Crippen molar-refractivity contribution in [1.82, 2.24) is 0 Å². The number of aliphatic hydroxyl groups excluding tert-OH is 1. The summed E-state index contributed by atoms with van der Waals surface area (Å²) in [5.74, 6) is -0.390. The van der Waals surface area contributed by atoms with Crippen molar-refractivity contribution in [2.45, 2.75) is 19.2 Å². The Morgan fingerprint density at radius 2 is 2.06 bits per heavy atom. The van der Waals surface area contributed by atoms with Crippen molar-refractivity contribution >= 4 is 11.6 Å². The Morgan fingerprint density at radius 3 is 2.56 bits per heavy atom. The second-order valence-electron chi connectivity index (χ2n) is 3.25. The summed E-state index contributed by atoms with van der Waals surface area (Å²) in [6, 6.07) is 4.99. The number of carbonyl (C=O) groups excluding carboxylic acids is 1. The van der Waals surface area contributed by atoms with Crippen molar-refractivity contribution in [2.24, 2.45) is 0 Å². The second kappa shape index (κ2) is 4.52. The predicted octanol–water partition coefficient (Wildman–Crippen LogP) is 2.24. The molecule has 0 aliphatic carbocycles. The Bertz CT molecular complexity index is 390. The molecule has 0 radical (unpaired) electrons. The Morgan fingerprint density at radius 1 is 1.44 bits per heavy atom. The van der Waals surface area contributed by atoms with Crippen LogP contribution in [0.15, 0.2) is 24.3 Å². The van der Waals surface area contributed by atoms with Gasteiger partial charge in [-0.25, -0.2) is 0 Å². The van der Waals surface area contributed by atoms with Gasteiger partial charge in [0.05, 0.1) is 0 Å². The number of carbonyl (C=O) groups is 1. The molecule has 0 fully saturated rings. The minimum atomic E-state index is -4.71. The smallest absolute Gasteiger partial charge is 0.379 e. The number of hydrogen-bond acceptors (Lipinski definition) is 2. The molecule has 6 heteroatoms. The van der Waals surface area contributed by atoms with E-state index < -0.39 is 18.2 Å². The van der Waals surface area contributed by atoms with Gasteiger partial charge in [0, 0.05) is 12.6 Å². The van der Waals surface area contributed by atoms with Gasteiger partial charge < -0.3 is 10.4 Å². The largest absolute Gasteiger partial charge is 0.418 e. The van der Waals surface area contributed by atoms with Crippen molar-refractivity contribution in [3.63, 3.8) is 0 Å². The zero-order valence-corrected chi connectivity index (χ0v) is 8.38. The molecule has 0 bridgehead atoms. The number of halogens is 3. The summed E-state index contributed by atoms with van der Waals surface area (Å²) in [5, 5.41) is 11.3. The first-order valence-electron chi connectivity index (χ1n) is 4.43. The minimum Gasteiger partial charge on any atom is -0.379 e. The summed E-state index contributed by atoms with van der Waals surface area (Å²) in [6.07, 6.45) is -7.25. The van der Waals surface area contributed by atoms with E-state index in [1.165, 1.54) is 19.1 Å². The van der Waals surface area contributed by atoms with E-state index in [1.54, 1.807) is 0 Å². The molecule has 1 aromatic carbocycles. The fraction of sp³-hybridized carbons (Fsp3) is 0.300. The lowest BCUT2D eigenvalue weighted by atomic mass is 10.1. The van der Waals surface area contributed by atoms with Gasteiger partial charge in [0.1, 0.15) is 0 Å². The van der Waals surface area contributed by atoms with Crippen LogP contribution in [0, 0.1) is 0 Å². The highest BCUT2D eigenvalue weighted by Crippen LogP contribution is 2.33. The fourth-order valence-corrected chi connectivity index (χ4v) is 1.18. The van der Waals surface area contributed by atoms with Crippen molar-refractivity contribution in [3.05, 3.63) is 29.8 Å². The molecule has 0 saturated carbocycles. The number of aliphatic hydroxyl groups is 1. The zero-order chi connectivity index (χ0) is 12.3. The first kappa shape index (κ1) is 12.5. The maximum atomic E-state index is 12.2. The Balaban J connectivity index is 2.94. The Hall–Kier alpha value is -1.56. The summed E-state index contributed by atoms with van der Waals surface area (Å²) < 4.78 is 36.6. The average Bonchev–Trinajstić information content (AvgIpc) is 2.14. The number of amides is 1. The van der Waals surface area contributed by atoms with Crippen LogP contribution in [0.3, 0.4) is 0 Å². The van der Waals surface area contributed by atoms with Gasteiger partial charge in [-0.15, -0.1) is 0 Å². The molecular weight excluding hydrogens is 223 g/mol. The topological polar surface area (TPSA) is 49.3 Å². The van der Waals surface area contributed by atoms with Gasteiger partial charge in [0.25, 0.3) is 0 Å². The Labute approximate surface area is 89.9 Å². The molecule has 0 saturated heterocycles. The molecule has 0 aromatic heterocycles. The quantitative estimate of drug-likeness (QED) is 0.823. The highest BCUT2D eigenvalue weighted by atomic mass is 19.4. The number of nitrogens with one attached hydrogen (secondary N) is 1. The normalized spacial score (nSPS) is 13.3. The Kier molecular flexibility index (Phi) is 3.54. The second-order valence-corrected chi connectivity index (χ2v) is 3.25. The molecule has 0 unspecified atom stereocenters. The van der Waals surface area contributed by atoms with E-state index >= 15 is 0 Å². The standard InChI is InChI=1S/C10H10F3NO2/c1-6(15)14-8-4-2-3-7(5-8)9(16)10(11,12)13/h2-5,9,16H,1H3,(H,14,15)/t9-/m0/s1. The molecule has 1 rings (SSSR count). The molecule has 88 valence electrons. The maximum absolute atomic E-state index is 12.2. The third-order valence-corrected chi connectivity index (χ3v) is 1.83. The number of hydrogen-bond donors (Lipinski definition) is 2. The molecule has 0 spiro atoms. The summed E-state index contributed by atoms with van der Waals surface area (Å²) in [5.41, 5.74) is -0.0907. The lowest BCUT2D eigenvalue weighted by Crippen LogP contribution is -2.20. The van der Waals surface area contributed by atoms with Crippen molar-refractivity contribution < 1.29 is 23.1 Å². The molecule has 0 aliphatic heterocycles. The number of anilines is 1. The lowest BCUT2D eigenvalue weighted by Gasteiger charge is -2.15. The van der Waals surface area contributed by atoms with Crippen LogP contribution in [0.25, 0.3) is 0 Å². The molecule has 0 aliphatic rings. The van der Waals surface area contributed by atoms with Crippen molar-refractivity contribution in [2.75, 3.05) is 5.32 Å². The van der Waals surface area contributed by atoms with Crippen LogP contribution in [-0.4, -0.2) is 17.2 Å². The van der Waals surface area contributed by atoms with Crippen LogP contribution in [-0.2, 0) is 4.79 Å². The van der Waals surface area contributed by atoms with Crippen LogP contribution in [0.4, 0.5) is 18.9 Å². The van der Waals surface area contributed by atoms with E-state index in [4.69, 9.17) is 5.11 Å². The van der Waals surface area contributed by atoms with Gasteiger partial charge in [-0.1, -0.05) is 12.1 Å². The maximum Gasteiger partial charge on any atom is 0.418 e. The molecule has 16 heavy (non-hydrogen) atoms. The third-order valence-electron chi connectivity index (χ3n) is 1.83. The van der Waals surface area contributed by atoms with Gasteiger partial charge >= 0.3 is 6.18 Å². The minimum absolute atomic E-state index is 0.216. The lowest BCUT2D eigenvalue weighted by molar-refractivity contribution is -0.206. The summed E-state index contributed by atoms with van der Waals surface area (Å²) in [4.78, 5) is 10.7. The number of alkyl halides is 3. The van der Waals surface area contributed by atoms with Gasteiger partial charge in [0.2, 0.25) is 5.91 Å². The third kappa shape index (κ3) is 3.23. The number of rotatable bonds is 2. The predicted molar refractivity (Wildman–Crippen MR) is 51.8 cm³/mol. The SMILES string of the molecule is CC(=O)Nc1cccc([C@H](O)C(F)(F)F)c1. The first-order chi connectivity index (χ1) is 7.30. The molecule has 0 heterocycles. The van der Waals surface area contributed by atoms with E-state index in [0.29, 0.717) is 0 Å². The first-order valence-corrected chi connectivity index (χ1v) is 4.43. The van der Waals surface area contributed by atoms with Gasteiger partial charge in [0.15, 0.2) is 6.10 Å².